The maximum absolute atomic E-state index is 11.7. The van der Waals surface area contributed by atoms with Crippen molar-refractivity contribution in [3.63, 3.8) is 0 Å². The highest BCUT2D eigenvalue weighted by atomic mass is 35.5. The van der Waals surface area contributed by atoms with Crippen LogP contribution in [0.25, 0.3) is 0 Å². The van der Waals surface area contributed by atoms with Crippen LogP contribution in [-0.4, -0.2) is 30.3 Å². The van der Waals surface area contributed by atoms with E-state index in [4.69, 9.17) is 16.3 Å². The highest BCUT2D eigenvalue weighted by Crippen LogP contribution is 2.24. The van der Waals surface area contributed by atoms with Crippen molar-refractivity contribution in [3.05, 3.63) is 28.8 Å². The van der Waals surface area contributed by atoms with Crippen molar-refractivity contribution < 1.29 is 14.6 Å². The number of aliphatic hydroxyl groups is 1. The van der Waals surface area contributed by atoms with Crippen molar-refractivity contribution in [2.75, 3.05) is 13.2 Å². The van der Waals surface area contributed by atoms with Crippen molar-refractivity contribution >= 4 is 17.5 Å². The molecule has 0 fully saturated rings. The molecule has 4 nitrogen and oxygen atoms in total. The molecule has 0 heterocycles. The lowest BCUT2D eigenvalue weighted by atomic mass is 10.1. The summed E-state index contributed by atoms with van der Waals surface area (Å²) in [6, 6.07) is 5.35. The quantitative estimate of drug-likeness (QED) is 0.813. The molecule has 0 saturated carbocycles. The Morgan fingerprint density at radius 3 is 2.80 bits per heavy atom. The summed E-state index contributed by atoms with van der Waals surface area (Å²) in [4.78, 5) is 11.7. The van der Waals surface area contributed by atoms with Gasteiger partial charge < -0.3 is 15.2 Å². The number of halogens is 1. The molecule has 20 heavy (non-hydrogen) atoms. The van der Waals surface area contributed by atoms with Gasteiger partial charge in [-0.3, -0.25) is 4.79 Å². The Balaban J connectivity index is 2.35. The second kappa shape index (κ2) is 8.12. The van der Waals surface area contributed by atoms with Crippen molar-refractivity contribution in [1.29, 1.82) is 0 Å². The van der Waals surface area contributed by atoms with E-state index >= 15 is 0 Å². The number of carbonyl (C=O) groups excluding carboxylic acids is 1. The summed E-state index contributed by atoms with van der Waals surface area (Å²) < 4.78 is 5.45. The number of nitrogens with one attached hydrogen (secondary N) is 1. The Kier molecular flexibility index (Phi) is 6.82. The summed E-state index contributed by atoms with van der Waals surface area (Å²) in [5.41, 5.74) is 0.824. The van der Waals surface area contributed by atoms with Crippen LogP contribution in [0.4, 0.5) is 0 Å². The smallest absolute Gasteiger partial charge is 0.257 e. The van der Waals surface area contributed by atoms with E-state index in [1.165, 1.54) is 0 Å². The topological polar surface area (TPSA) is 58.6 Å². The van der Waals surface area contributed by atoms with Crippen LogP contribution in [0, 0.1) is 12.8 Å². The molecule has 0 saturated heterocycles. The molecule has 5 heteroatoms. The van der Waals surface area contributed by atoms with Gasteiger partial charge in [-0.25, -0.2) is 0 Å². The number of benzene rings is 1. The highest BCUT2D eigenvalue weighted by Gasteiger charge is 2.10. The van der Waals surface area contributed by atoms with Crippen molar-refractivity contribution in [2.45, 2.75) is 33.3 Å². The molecule has 0 aliphatic rings. The number of aliphatic hydroxyl groups excluding tert-OH is 1. The van der Waals surface area contributed by atoms with Crippen LogP contribution in [0.3, 0.4) is 0 Å². The number of rotatable bonds is 7. The summed E-state index contributed by atoms with van der Waals surface area (Å²) in [5, 5.41) is 12.6. The van der Waals surface area contributed by atoms with Gasteiger partial charge in [-0.05, 0) is 38.3 Å². The van der Waals surface area contributed by atoms with Crippen LogP contribution < -0.4 is 10.1 Å². The van der Waals surface area contributed by atoms with Gasteiger partial charge in [-0.1, -0.05) is 24.6 Å². The lowest BCUT2D eigenvalue weighted by Gasteiger charge is -2.15. The average molecular weight is 300 g/mol. The van der Waals surface area contributed by atoms with Crippen LogP contribution >= 0.6 is 11.6 Å². The van der Waals surface area contributed by atoms with Gasteiger partial charge in [0.15, 0.2) is 6.61 Å². The van der Waals surface area contributed by atoms with Gasteiger partial charge in [0.1, 0.15) is 5.75 Å². The third-order valence-electron chi connectivity index (χ3n) is 2.97. The van der Waals surface area contributed by atoms with E-state index in [0.29, 0.717) is 23.7 Å². The minimum absolute atomic E-state index is 0.0391. The van der Waals surface area contributed by atoms with E-state index in [9.17, 15) is 9.90 Å². The molecular weight excluding hydrogens is 278 g/mol. The van der Waals surface area contributed by atoms with E-state index < -0.39 is 0 Å². The third kappa shape index (κ3) is 5.80. The molecule has 0 bridgehead atoms. The first-order chi connectivity index (χ1) is 9.40. The first-order valence-electron chi connectivity index (χ1n) is 6.72. The van der Waals surface area contributed by atoms with E-state index in [2.05, 4.69) is 5.32 Å². The molecule has 0 aliphatic heterocycles. The van der Waals surface area contributed by atoms with Crippen molar-refractivity contribution in [3.8, 4) is 5.75 Å². The molecule has 112 valence electrons. The van der Waals surface area contributed by atoms with Crippen LogP contribution in [0.15, 0.2) is 18.2 Å². The second-order valence-corrected chi connectivity index (χ2v) is 5.55. The fourth-order valence-corrected chi connectivity index (χ4v) is 2.06. The van der Waals surface area contributed by atoms with Gasteiger partial charge in [0.2, 0.25) is 0 Å². The molecule has 2 unspecified atom stereocenters. The zero-order valence-corrected chi connectivity index (χ0v) is 12.9. The molecular formula is C15H22ClNO3. The van der Waals surface area contributed by atoms with Crippen molar-refractivity contribution in [2.24, 2.45) is 5.92 Å². The van der Waals surface area contributed by atoms with E-state index in [1.54, 1.807) is 25.1 Å². The molecule has 0 aromatic heterocycles. The zero-order chi connectivity index (χ0) is 15.1. The maximum Gasteiger partial charge on any atom is 0.257 e. The third-order valence-corrected chi connectivity index (χ3v) is 3.38. The summed E-state index contributed by atoms with van der Waals surface area (Å²) in [5.74, 6) is 0.665. The normalized spacial score (nSPS) is 13.7. The Morgan fingerprint density at radius 1 is 1.45 bits per heavy atom. The lowest BCUT2D eigenvalue weighted by molar-refractivity contribution is -0.123. The number of hydrogen-bond acceptors (Lipinski definition) is 3. The summed E-state index contributed by atoms with van der Waals surface area (Å²) in [6.45, 7) is 6.06. The Hall–Kier alpha value is -1.26. The molecule has 1 amide bonds. The first kappa shape index (κ1) is 16.8. The van der Waals surface area contributed by atoms with E-state index in [1.807, 2.05) is 13.8 Å². The first-order valence-corrected chi connectivity index (χ1v) is 7.10. The molecule has 2 atom stereocenters. The second-order valence-electron chi connectivity index (χ2n) is 5.15. The van der Waals surface area contributed by atoms with Gasteiger partial charge in [-0.2, -0.15) is 0 Å². The monoisotopic (exact) mass is 299 g/mol. The molecule has 1 rings (SSSR count). The number of carbonyl (C=O) groups is 1. The Labute approximate surface area is 125 Å². The summed E-state index contributed by atoms with van der Waals surface area (Å²) >= 11 is 5.98. The largest absolute Gasteiger partial charge is 0.483 e. The van der Waals surface area contributed by atoms with Crippen LogP contribution in [-0.2, 0) is 4.79 Å². The lowest BCUT2D eigenvalue weighted by Crippen LogP contribution is -2.33. The highest BCUT2D eigenvalue weighted by molar-refractivity contribution is 6.31. The van der Waals surface area contributed by atoms with Crippen LogP contribution in [0.2, 0.25) is 5.02 Å². The van der Waals surface area contributed by atoms with Gasteiger partial charge in [0, 0.05) is 17.1 Å². The van der Waals surface area contributed by atoms with E-state index in [-0.39, 0.29) is 24.5 Å². The molecule has 0 spiro atoms. The molecule has 1 aromatic carbocycles. The van der Waals surface area contributed by atoms with Gasteiger partial charge in [-0.15, -0.1) is 0 Å². The molecule has 0 aliphatic carbocycles. The SMILES string of the molecule is Cc1c(Cl)cccc1OCC(=O)NCC(C)CC(C)O. The van der Waals surface area contributed by atoms with Crippen LogP contribution in [0.1, 0.15) is 25.8 Å². The summed E-state index contributed by atoms with van der Waals surface area (Å²) in [7, 11) is 0. The minimum atomic E-state index is -0.354. The van der Waals surface area contributed by atoms with Gasteiger partial charge in [0.25, 0.3) is 5.91 Å². The maximum atomic E-state index is 11.7. The molecule has 2 N–H and O–H groups in total. The number of ether oxygens (including phenoxy) is 1. The summed E-state index contributed by atoms with van der Waals surface area (Å²) in [6.07, 6.45) is 0.307. The standard InChI is InChI=1S/C15H22ClNO3/c1-10(7-11(2)18)8-17-15(19)9-20-14-6-4-5-13(16)12(14)3/h4-6,10-11,18H,7-9H2,1-3H3,(H,17,19). The number of hydrogen-bond donors (Lipinski definition) is 2. The Bertz CT molecular complexity index is 449. The predicted molar refractivity (Wildman–Crippen MR) is 80.2 cm³/mol. The van der Waals surface area contributed by atoms with E-state index in [0.717, 1.165) is 5.56 Å². The minimum Gasteiger partial charge on any atom is -0.483 e. The molecule has 1 aromatic rings. The van der Waals surface area contributed by atoms with Crippen molar-refractivity contribution in [1.82, 2.24) is 5.32 Å². The van der Waals surface area contributed by atoms with Gasteiger partial charge in [0.05, 0.1) is 6.10 Å². The average Bonchev–Trinajstić information content (AvgIpc) is 2.37. The number of amides is 1. The van der Waals surface area contributed by atoms with Gasteiger partial charge >= 0.3 is 0 Å². The fourth-order valence-electron chi connectivity index (χ4n) is 1.89. The fraction of sp³-hybridized carbons (Fsp3) is 0.533. The van der Waals surface area contributed by atoms with Crippen LogP contribution in [0.5, 0.6) is 5.75 Å². The Morgan fingerprint density at radius 2 is 2.15 bits per heavy atom. The zero-order valence-electron chi connectivity index (χ0n) is 12.1. The predicted octanol–water partition coefficient (Wildman–Crippen LogP) is 2.55. The molecule has 0 radical (unpaired) electrons.